The number of thiophene rings is 2. The molecule has 0 aromatic carbocycles. The quantitative estimate of drug-likeness (QED) is 0.714. The van der Waals surface area contributed by atoms with E-state index >= 15 is 0 Å². The van der Waals surface area contributed by atoms with Gasteiger partial charge in [0.25, 0.3) is 0 Å². The Morgan fingerprint density at radius 1 is 1.00 bits per heavy atom. The van der Waals surface area contributed by atoms with Crippen molar-refractivity contribution in [3.05, 3.63) is 41.9 Å². The van der Waals surface area contributed by atoms with Gasteiger partial charge in [-0.05, 0) is 29.6 Å². The molecule has 3 heterocycles. The number of hydrogen-bond donors (Lipinski definition) is 1. The molecule has 0 radical (unpaired) electrons. The van der Waals surface area contributed by atoms with Crippen molar-refractivity contribution in [3.8, 4) is 20.3 Å². The lowest BCUT2D eigenvalue weighted by Crippen LogP contribution is -1.69. The molecule has 0 atom stereocenters. The Bertz CT molecular complexity index is 486. The van der Waals surface area contributed by atoms with Crippen LogP contribution in [0.2, 0.25) is 0 Å². The third-order valence-electron chi connectivity index (χ3n) is 2.14. The van der Waals surface area contributed by atoms with Gasteiger partial charge in [0.15, 0.2) is 0 Å². The van der Waals surface area contributed by atoms with E-state index < -0.39 is 0 Å². The smallest absolute Gasteiger partial charge is 0.0750 e. The highest BCUT2D eigenvalue weighted by atomic mass is 32.1. The summed E-state index contributed by atoms with van der Waals surface area (Å²) in [7, 11) is 0. The number of aromatic nitrogens is 2. The van der Waals surface area contributed by atoms with Crippen LogP contribution in [0.25, 0.3) is 20.3 Å². The summed E-state index contributed by atoms with van der Waals surface area (Å²) in [5.41, 5.74) is 1.09. The third-order valence-corrected chi connectivity index (χ3v) is 4.32. The van der Waals surface area contributed by atoms with E-state index in [1.165, 1.54) is 14.6 Å². The van der Waals surface area contributed by atoms with Gasteiger partial charge < -0.3 is 0 Å². The Labute approximate surface area is 95.2 Å². The van der Waals surface area contributed by atoms with E-state index in [1.807, 2.05) is 6.07 Å². The molecular formula is C11H8N2S2. The van der Waals surface area contributed by atoms with Crippen molar-refractivity contribution < 1.29 is 0 Å². The van der Waals surface area contributed by atoms with Crippen LogP contribution in [-0.4, -0.2) is 10.2 Å². The Kier molecular flexibility index (Phi) is 2.16. The maximum absolute atomic E-state index is 3.95. The second-order valence-electron chi connectivity index (χ2n) is 3.11. The first-order valence-corrected chi connectivity index (χ1v) is 6.26. The maximum atomic E-state index is 3.95. The van der Waals surface area contributed by atoms with Crippen LogP contribution in [0.15, 0.2) is 41.9 Å². The van der Waals surface area contributed by atoms with Gasteiger partial charge in [-0.3, -0.25) is 5.10 Å². The molecule has 0 aliphatic rings. The van der Waals surface area contributed by atoms with Crippen molar-refractivity contribution in [2.75, 3.05) is 0 Å². The highest BCUT2D eigenvalue weighted by Crippen LogP contribution is 2.35. The summed E-state index contributed by atoms with van der Waals surface area (Å²) in [4.78, 5) is 3.87. The van der Waals surface area contributed by atoms with Gasteiger partial charge in [0, 0.05) is 16.0 Å². The molecule has 3 aromatic heterocycles. The highest BCUT2D eigenvalue weighted by Gasteiger charge is 2.05. The van der Waals surface area contributed by atoms with E-state index in [2.05, 4.69) is 39.8 Å². The average molecular weight is 232 g/mol. The minimum absolute atomic E-state index is 1.09. The molecule has 2 nitrogen and oxygen atoms in total. The lowest BCUT2D eigenvalue weighted by Gasteiger charge is -1.89. The molecule has 3 rings (SSSR count). The van der Waals surface area contributed by atoms with E-state index in [9.17, 15) is 0 Å². The number of rotatable bonds is 2. The second-order valence-corrected chi connectivity index (χ2v) is 5.14. The molecule has 0 fully saturated rings. The normalized spacial score (nSPS) is 10.7. The first-order chi connectivity index (χ1) is 7.43. The van der Waals surface area contributed by atoms with E-state index in [1.54, 1.807) is 28.9 Å². The summed E-state index contributed by atoms with van der Waals surface area (Å²) >= 11 is 3.56. The van der Waals surface area contributed by atoms with Crippen molar-refractivity contribution in [3.63, 3.8) is 0 Å². The summed E-state index contributed by atoms with van der Waals surface area (Å²) in [5, 5.41) is 9.03. The van der Waals surface area contributed by atoms with Crippen molar-refractivity contribution in [2.24, 2.45) is 0 Å². The fourth-order valence-corrected chi connectivity index (χ4v) is 3.24. The number of nitrogens with one attached hydrogen (secondary N) is 1. The first kappa shape index (κ1) is 8.88. The topological polar surface area (TPSA) is 28.7 Å². The SMILES string of the molecule is c1csc(-c2ccc(-c3ccn[nH]3)s2)c1. The number of hydrogen-bond acceptors (Lipinski definition) is 3. The minimum atomic E-state index is 1.09. The monoisotopic (exact) mass is 232 g/mol. The zero-order valence-corrected chi connectivity index (χ0v) is 9.44. The molecule has 0 bridgehead atoms. The van der Waals surface area contributed by atoms with E-state index in [0.29, 0.717) is 0 Å². The molecule has 15 heavy (non-hydrogen) atoms. The minimum Gasteiger partial charge on any atom is -0.277 e. The van der Waals surface area contributed by atoms with Gasteiger partial charge in [0.1, 0.15) is 0 Å². The third kappa shape index (κ3) is 1.62. The lowest BCUT2D eigenvalue weighted by molar-refractivity contribution is 1.10. The molecule has 0 spiro atoms. The van der Waals surface area contributed by atoms with Gasteiger partial charge in [-0.2, -0.15) is 5.10 Å². The fraction of sp³-hybridized carbons (Fsp3) is 0. The summed E-state index contributed by atoms with van der Waals surface area (Å²) in [6.45, 7) is 0. The van der Waals surface area contributed by atoms with Gasteiger partial charge in [-0.15, -0.1) is 22.7 Å². The van der Waals surface area contributed by atoms with Crippen LogP contribution in [0.3, 0.4) is 0 Å². The summed E-state index contributed by atoms with van der Waals surface area (Å²) < 4.78 is 0. The maximum Gasteiger partial charge on any atom is 0.0750 e. The summed E-state index contributed by atoms with van der Waals surface area (Å²) in [5.74, 6) is 0. The van der Waals surface area contributed by atoms with Crippen LogP contribution in [0.5, 0.6) is 0 Å². The largest absolute Gasteiger partial charge is 0.277 e. The molecule has 0 aliphatic carbocycles. The standard InChI is InChI=1S/C11H8N2S2/c1-2-10(14-7-1)11-4-3-9(15-11)8-5-6-12-13-8/h1-7H,(H,12,13). The van der Waals surface area contributed by atoms with Crippen molar-refractivity contribution >= 4 is 22.7 Å². The van der Waals surface area contributed by atoms with Crippen LogP contribution in [0, 0.1) is 0 Å². The zero-order valence-electron chi connectivity index (χ0n) is 7.81. The van der Waals surface area contributed by atoms with E-state index in [0.717, 1.165) is 5.69 Å². The van der Waals surface area contributed by atoms with Gasteiger partial charge in [-0.25, -0.2) is 0 Å². The molecular weight excluding hydrogens is 224 g/mol. The number of nitrogens with zero attached hydrogens (tertiary/aromatic N) is 1. The van der Waals surface area contributed by atoms with Crippen LogP contribution in [0.1, 0.15) is 0 Å². The van der Waals surface area contributed by atoms with Gasteiger partial charge in [0.2, 0.25) is 0 Å². The molecule has 1 N–H and O–H groups in total. The zero-order chi connectivity index (χ0) is 10.1. The van der Waals surface area contributed by atoms with Crippen molar-refractivity contribution in [1.29, 1.82) is 0 Å². The molecule has 0 amide bonds. The van der Waals surface area contributed by atoms with Crippen LogP contribution < -0.4 is 0 Å². The van der Waals surface area contributed by atoms with Crippen molar-refractivity contribution in [1.82, 2.24) is 10.2 Å². The Morgan fingerprint density at radius 3 is 2.67 bits per heavy atom. The lowest BCUT2D eigenvalue weighted by atomic mass is 10.3. The number of aromatic amines is 1. The Hall–Kier alpha value is -1.39. The predicted octanol–water partition coefficient (Wildman–Crippen LogP) is 3.87. The predicted molar refractivity (Wildman–Crippen MR) is 65.2 cm³/mol. The summed E-state index contributed by atoms with van der Waals surface area (Å²) in [6.07, 6.45) is 1.78. The van der Waals surface area contributed by atoms with E-state index in [-0.39, 0.29) is 0 Å². The molecule has 0 saturated heterocycles. The van der Waals surface area contributed by atoms with Crippen molar-refractivity contribution in [2.45, 2.75) is 0 Å². The molecule has 0 unspecified atom stereocenters. The molecule has 4 heteroatoms. The van der Waals surface area contributed by atoms with Gasteiger partial charge in [-0.1, -0.05) is 6.07 Å². The molecule has 0 aliphatic heterocycles. The van der Waals surface area contributed by atoms with Gasteiger partial charge in [0.05, 0.1) is 10.6 Å². The Balaban J connectivity index is 2.02. The highest BCUT2D eigenvalue weighted by molar-refractivity contribution is 7.23. The van der Waals surface area contributed by atoms with Gasteiger partial charge >= 0.3 is 0 Å². The van der Waals surface area contributed by atoms with Crippen LogP contribution in [0.4, 0.5) is 0 Å². The van der Waals surface area contributed by atoms with Crippen LogP contribution >= 0.6 is 22.7 Å². The van der Waals surface area contributed by atoms with E-state index in [4.69, 9.17) is 0 Å². The first-order valence-electron chi connectivity index (χ1n) is 4.57. The second kappa shape index (κ2) is 3.64. The average Bonchev–Trinajstić information content (AvgIpc) is 3.02. The molecule has 3 aromatic rings. The molecule has 0 saturated carbocycles. The molecule has 74 valence electrons. The Morgan fingerprint density at radius 2 is 1.93 bits per heavy atom. The fourth-order valence-electron chi connectivity index (χ4n) is 1.43. The van der Waals surface area contributed by atoms with Crippen LogP contribution in [-0.2, 0) is 0 Å². The number of H-pyrrole nitrogens is 1. The summed E-state index contributed by atoms with van der Waals surface area (Å²) in [6, 6.07) is 10.5.